The maximum Gasteiger partial charge on any atom is 0.321 e. The molecule has 0 unspecified atom stereocenters. The largest absolute Gasteiger partial charge is 0.480 e. The van der Waals surface area contributed by atoms with Gasteiger partial charge in [0.1, 0.15) is 6.04 Å². The maximum absolute atomic E-state index is 11.1. The van der Waals surface area contributed by atoms with Crippen LogP contribution in [0.15, 0.2) is 0 Å². The second-order valence-corrected chi connectivity index (χ2v) is 5.24. The van der Waals surface area contributed by atoms with Crippen LogP contribution >= 0.6 is 12.4 Å². The Labute approximate surface area is 97.0 Å². The highest BCUT2D eigenvalue weighted by Gasteiger charge is 2.50. The Bertz CT molecular complexity index is 255. The van der Waals surface area contributed by atoms with E-state index in [1.165, 1.54) is 19.3 Å². The minimum absolute atomic E-state index is 0. The molecule has 1 heterocycles. The van der Waals surface area contributed by atoms with Crippen LogP contribution in [0, 0.1) is 11.8 Å². The molecule has 2 aliphatic rings. The van der Waals surface area contributed by atoms with E-state index >= 15 is 0 Å². The second kappa shape index (κ2) is 4.30. The van der Waals surface area contributed by atoms with Crippen LogP contribution in [-0.2, 0) is 4.79 Å². The highest BCUT2D eigenvalue weighted by Crippen LogP contribution is 2.44. The average molecular weight is 234 g/mol. The number of hydrogen-bond acceptors (Lipinski definition) is 2. The zero-order chi connectivity index (χ0) is 10.3. The predicted octanol–water partition coefficient (Wildman–Crippen LogP) is 2.05. The summed E-state index contributed by atoms with van der Waals surface area (Å²) in [5.41, 5.74) is 0.00808. The molecule has 2 N–H and O–H groups in total. The lowest BCUT2D eigenvalue weighted by Crippen LogP contribution is -2.43. The van der Waals surface area contributed by atoms with E-state index in [-0.39, 0.29) is 24.0 Å². The summed E-state index contributed by atoms with van der Waals surface area (Å²) in [5.74, 6) is 0.237. The molecular weight excluding hydrogens is 214 g/mol. The number of hydrogen-bond donors (Lipinski definition) is 2. The first-order valence-corrected chi connectivity index (χ1v) is 5.53. The lowest BCUT2D eigenvalue weighted by atomic mass is 9.72. The average Bonchev–Trinajstić information content (AvgIpc) is 2.40. The number of carbonyl (C=O) groups is 1. The first kappa shape index (κ1) is 12.8. The molecule has 0 aromatic heterocycles. The molecule has 4 heteroatoms. The summed E-state index contributed by atoms with van der Waals surface area (Å²) in [6, 6.07) is -0.310. The van der Waals surface area contributed by atoms with Crippen LogP contribution in [0.1, 0.15) is 39.5 Å². The fourth-order valence-corrected chi connectivity index (χ4v) is 3.31. The van der Waals surface area contributed by atoms with Gasteiger partial charge in [-0.25, -0.2) is 0 Å². The van der Waals surface area contributed by atoms with Crippen molar-refractivity contribution in [2.45, 2.75) is 51.1 Å². The fraction of sp³-hybridized carbons (Fsp3) is 0.909. The molecule has 1 aliphatic heterocycles. The Kier molecular flexibility index (Phi) is 3.67. The monoisotopic (exact) mass is 233 g/mol. The number of fused-ring (bicyclic) bond motifs is 1. The Hall–Kier alpha value is -0.280. The molecule has 0 amide bonds. The first-order valence-electron chi connectivity index (χ1n) is 5.53. The Morgan fingerprint density at radius 2 is 1.93 bits per heavy atom. The Balaban J connectivity index is 0.00000112. The molecule has 3 nitrogen and oxygen atoms in total. The summed E-state index contributed by atoms with van der Waals surface area (Å²) >= 11 is 0. The third-order valence-corrected chi connectivity index (χ3v) is 3.97. The maximum atomic E-state index is 11.1. The van der Waals surface area contributed by atoms with Crippen molar-refractivity contribution >= 4 is 18.4 Å². The van der Waals surface area contributed by atoms with E-state index in [0.717, 1.165) is 6.42 Å². The van der Waals surface area contributed by atoms with Crippen molar-refractivity contribution in [2.75, 3.05) is 0 Å². The van der Waals surface area contributed by atoms with Crippen LogP contribution in [0.5, 0.6) is 0 Å². The van der Waals surface area contributed by atoms with Gasteiger partial charge in [-0.2, -0.15) is 0 Å². The van der Waals surface area contributed by atoms with E-state index < -0.39 is 5.97 Å². The molecule has 1 saturated carbocycles. The zero-order valence-corrected chi connectivity index (χ0v) is 10.1. The van der Waals surface area contributed by atoms with Crippen LogP contribution in [0.25, 0.3) is 0 Å². The molecule has 0 aromatic rings. The molecule has 2 fully saturated rings. The third-order valence-electron chi connectivity index (χ3n) is 3.97. The van der Waals surface area contributed by atoms with Crippen molar-refractivity contribution in [3.8, 4) is 0 Å². The first-order chi connectivity index (χ1) is 6.52. The molecular formula is C11H20ClNO2. The van der Waals surface area contributed by atoms with Crippen LogP contribution in [-0.4, -0.2) is 22.7 Å². The predicted molar refractivity (Wildman–Crippen MR) is 61.3 cm³/mol. The van der Waals surface area contributed by atoms with Crippen molar-refractivity contribution in [3.63, 3.8) is 0 Å². The van der Waals surface area contributed by atoms with Gasteiger partial charge in [-0.1, -0.05) is 12.8 Å². The van der Waals surface area contributed by atoms with Crippen molar-refractivity contribution in [1.29, 1.82) is 0 Å². The van der Waals surface area contributed by atoms with Crippen molar-refractivity contribution in [1.82, 2.24) is 5.32 Å². The summed E-state index contributed by atoms with van der Waals surface area (Å²) < 4.78 is 0. The van der Waals surface area contributed by atoms with E-state index in [4.69, 9.17) is 5.11 Å². The Morgan fingerprint density at radius 1 is 1.33 bits per heavy atom. The summed E-state index contributed by atoms with van der Waals surface area (Å²) in [5, 5.41) is 12.4. The molecule has 0 bridgehead atoms. The number of carboxylic acid groups (broad SMARTS) is 1. The van der Waals surface area contributed by atoms with E-state index in [9.17, 15) is 4.79 Å². The van der Waals surface area contributed by atoms with Gasteiger partial charge < -0.3 is 5.11 Å². The van der Waals surface area contributed by atoms with Crippen molar-refractivity contribution in [2.24, 2.45) is 11.8 Å². The quantitative estimate of drug-likeness (QED) is 0.729. The lowest BCUT2D eigenvalue weighted by Gasteiger charge is -2.33. The number of rotatable bonds is 1. The minimum Gasteiger partial charge on any atom is -0.480 e. The molecule has 0 radical (unpaired) electrons. The molecule has 1 aliphatic carbocycles. The summed E-state index contributed by atoms with van der Waals surface area (Å²) in [7, 11) is 0. The van der Waals surface area contributed by atoms with Gasteiger partial charge in [0, 0.05) is 5.54 Å². The normalized spacial score (nSPS) is 37.9. The van der Waals surface area contributed by atoms with E-state index in [1.54, 1.807) is 0 Å². The van der Waals surface area contributed by atoms with Gasteiger partial charge in [0.2, 0.25) is 0 Å². The summed E-state index contributed by atoms with van der Waals surface area (Å²) in [6.07, 6.45) is 4.73. The molecule has 88 valence electrons. The van der Waals surface area contributed by atoms with Gasteiger partial charge in [0.25, 0.3) is 0 Å². The van der Waals surface area contributed by atoms with Gasteiger partial charge in [0.15, 0.2) is 0 Å². The fourth-order valence-electron chi connectivity index (χ4n) is 3.31. The highest BCUT2D eigenvalue weighted by molar-refractivity contribution is 5.85. The van der Waals surface area contributed by atoms with Crippen LogP contribution in [0.3, 0.4) is 0 Å². The number of halogens is 1. The van der Waals surface area contributed by atoms with E-state index in [1.807, 2.05) is 0 Å². The summed E-state index contributed by atoms with van der Waals surface area (Å²) in [4.78, 5) is 11.1. The minimum atomic E-state index is -0.674. The van der Waals surface area contributed by atoms with Gasteiger partial charge >= 0.3 is 5.97 Å². The molecule has 0 spiro atoms. The van der Waals surface area contributed by atoms with Gasteiger partial charge in [-0.3, -0.25) is 10.1 Å². The van der Waals surface area contributed by atoms with Crippen LogP contribution in [0.4, 0.5) is 0 Å². The third kappa shape index (κ3) is 2.13. The lowest BCUT2D eigenvalue weighted by molar-refractivity contribution is -0.140. The molecule has 3 atom stereocenters. The number of carboxylic acids is 1. The standard InChI is InChI=1S/C11H19NO2.ClH/c1-11(2)8-6-4-3-5-7(8)9(12-11)10(13)14;/h7-9,12H,3-6H2,1-2H3,(H,13,14);1H/t7-,8-,9+;/m0./s1. The molecule has 2 rings (SSSR count). The van der Waals surface area contributed by atoms with Gasteiger partial charge in [-0.05, 0) is 38.5 Å². The Morgan fingerprint density at radius 3 is 2.53 bits per heavy atom. The topological polar surface area (TPSA) is 49.3 Å². The van der Waals surface area contributed by atoms with E-state index in [2.05, 4.69) is 19.2 Å². The van der Waals surface area contributed by atoms with Crippen LogP contribution in [0.2, 0.25) is 0 Å². The van der Waals surface area contributed by atoms with Gasteiger partial charge in [0.05, 0.1) is 0 Å². The second-order valence-electron chi connectivity index (χ2n) is 5.24. The molecule has 0 aromatic carbocycles. The number of nitrogens with one attached hydrogen (secondary N) is 1. The SMILES string of the molecule is CC1(C)N[C@@H](C(=O)O)[C@H]2CCCC[C@@H]21.Cl. The summed E-state index contributed by atoms with van der Waals surface area (Å²) in [6.45, 7) is 4.28. The highest BCUT2D eigenvalue weighted by atomic mass is 35.5. The zero-order valence-electron chi connectivity index (χ0n) is 9.32. The van der Waals surface area contributed by atoms with Crippen molar-refractivity contribution in [3.05, 3.63) is 0 Å². The smallest absolute Gasteiger partial charge is 0.321 e. The van der Waals surface area contributed by atoms with Gasteiger partial charge in [-0.15, -0.1) is 12.4 Å². The van der Waals surface area contributed by atoms with E-state index in [0.29, 0.717) is 11.8 Å². The molecule has 15 heavy (non-hydrogen) atoms. The van der Waals surface area contributed by atoms with Crippen LogP contribution < -0.4 is 5.32 Å². The molecule has 1 saturated heterocycles. The number of aliphatic carboxylic acids is 1. The van der Waals surface area contributed by atoms with Crippen molar-refractivity contribution < 1.29 is 9.90 Å².